The number of rotatable bonds is 3. The topological polar surface area (TPSA) is 89.1 Å². The van der Waals surface area contributed by atoms with E-state index in [1.165, 1.54) is 11.3 Å². The van der Waals surface area contributed by atoms with Gasteiger partial charge in [-0.1, -0.05) is 11.3 Å². The highest BCUT2D eigenvalue weighted by molar-refractivity contribution is 7.23. The number of hydrogen-bond donors (Lipinski definition) is 1. The smallest absolute Gasteiger partial charge is 0.323 e. The van der Waals surface area contributed by atoms with E-state index in [-0.39, 0.29) is 17.0 Å². The molecule has 31 heavy (non-hydrogen) atoms. The molecule has 4 saturated heterocycles. The first-order valence-corrected chi connectivity index (χ1v) is 11.8. The van der Waals surface area contributed by atoms with Crippen LogP contribution in [0.5, 0.6) is 5.88 Å². The molecule has 1 unspecified atom stereocenters. The molecule has 1 N–H and O–H groups in total. The molecule has 4 aliphatic rings. The maximum atomic E-state index is 12.9. The average Bonchev–Trinajstić information content (AvgIpc) is 3.54. The molecule has 9 nitrogen and oxygen atoms in total. The van der Waals surface area contributed by atoms with E-state index >= 15 is 0 Å². The standard InChI is InChI=1S/C21H27N5O4S/c1-28-17-15-16(14(9-22-17)26-11-21(12-26)3-2-7-30-21)31-18(23-15)24-19(27)25-6-4-20(10-25)5-8-29-13-20/h9H,2-8,10-13H2,1H3,(H,23,24,27). The SMILES string of the molecule is COc1ncc(N2CC3(CCCO3)C2)c2sc(NC(=O)N3CCC4(CCOC4)C3)nc12. The van der Waals surface area contributed by atoms with Crippen molar-refractivity contribution in [3.63, 3.8) is 0 Å². The maximum absolute atomic E-state index is 12.9. The van der Waals surface area contributed by atoms with Gasteiger partial charge in [-0.25, -0.2) is 14.8 Å². The number of carbonyl (C=O) groups excluding carboxylic acids is 1. The van der Waals surface area contributed by atoms with E-state index < -0.39 is 0 Å². The summed E-state index contributed by atoms with van der Waals surface area (Å²) in [5, 5.41) is 3.58. The van der Waals surface area contributed by atoms with Crippen LogP contribution in [0, 0.1) is 5.41 Å². The lowest BCUT2D eigenvalue weighted by molar-refractivity contribution is -0.0179. The summed E-state index contributed by atoms with van der Waals surface area (Å²) in [6.07, 6.45) is 6.12. The normalized spacial score (nSPS) is 26.9. The second kappa shape index (κ2) is 7.18. The van der Waals surface area contributed by atoms with Crippen LogP contribution in [-0.2, 0) is 9.47 Å². The second-order valence-electron chi connectivity index (χ2n) is 9.24. The van der Waals surface area contributed by atoms with Crippen molar-refractivity contribution in [3.8, 4) is 5.88 Å². The fourth-order valence-electron chi connectivity index (χ4n) is 5.38. The van der Waals surface area contributed by atoms with E-state index in [4.69, 9.17) is 14.2 Å². The predicted octanol–water partition coefficient (Wildman–Crippen LogP) is 2.71. The Hall–Kier alpha value is -2.17. The number of hydrogen-bond acceptors (Lipinski definition) is 8. The number of fused-ring (bicyclic) bond motifs is 1. The van der Waals surface area contributed by atoms with E-state index in [2.05, 4.69) is 20.2 Å². The minimum Gasteiger partial charge on any atom is -0.479 e. The van der Waals surface area contributed by atoms with Crippen LogP contribution < -0.4 is 15.0 Å². The van der Waals surface area contributed by atoms with Crippen LogP contribution in [-0.4, -0.2) is 79.6 Å². The molecule has 10 heteroatoms. The molecule has 0 radical (unpaired) electrons. The number of nitrogens with zero attached hydrogens (tertiary/aromatic N) is 4. The molecule has 0 saturated carbocycles. The van der Waals surface area contributed by atoms with Crippen molar-refractivity contribution in [2.45, 2.75) is 31.3 Å². The highest BCUT2D eigenvalue weighted by atomic mass is 32.1. The molecule has 6 rings (SSSR count). The van der Waals surface area contributed by atoms with Crippen molar-refractivity contribution in [2.24, 2.45) is 5.41 Å². The van der Waals surface area contributed by atoms with Crippen LogP contribution in [0.1, 0.15) is 25.7 Å². The summed E-state index contributed by atoms with van der Waals surface area (Å²) in [7, 11) is 1.59. The third-order valence-corrected chi connectivity index (χ3v) is 8.16. The third kappa shape index (κ3) is 3.23. The fourth-order valence-corrected chi connectivity index (χ4v) is 6.37. The molecule has 4 fully saturated rings. The zero-order valence-electron chi connectivity index (χ0n) is 17.7. The number of likely N-dealkylation sites (tertiary alicyclic amines) is 1. The Balaban J connectivity index is 1.22. The average molecular weight is 446 g/mol. The third-order valence-electron chi connectivity index (χ3n) is 7.17. The molecule has 0 aromatic carbocycles. The van der Waals surface area contributed by atoms with Gasteiger partial charge < -0.3 is 24.0 Å². The van der Waals surface area contributed by atoms with Gasteiger partial charge >= 0.3 is 6.03 Å². The molecular weight excluding hydrogens is 418 g/mol. The molecule has 2 spiro atoms. The first-order valence-electron chi connectivity index (χ1n) is 10.9. The Kier molecular flexibility index (Phi) is 4.52. The number of pyridine rings is 1. The van der Waals surface area contributed by atoms with E-state index in [1.807, 2.05) is 11.1 Å². The maximum Gasteiger partial charge on any atom is 0.323 e. The molecule has 0 aliphatic carbocycles. The van der Waals surface area contributed by atoms with Crippen molar-refractivity contribution in [3.05, 3.63) is 6.20 Å². The Labute approximate surface area is 184 Å². The summed E-state index contributed by atoms with van der Waals surface area (Å²) >= 11 is 1.48. The molecule has 0 bridgehead atoms. The molecule has 2 amide bonds. The highest BCUT2D eigenvalue weighted by Crippen LogP contribution is 2.44. The van der Waals surface area contributed by atoms with Gasteiger partial charge in [-0.2, -0.15) is 0 Å². The first-order chi connectivity index (χ1) is 15.1. The van der Waals surface area contributed by atoms with Crippen molar-refractivity contribution < 1.29 is 19.0 Å². The van der Waals surface area contributed by atoms with E-state index in [0.717, 1.165) is 82.1 Å². The van der Waals surface area contributed by atoms with Crippen LogP contribution in [0.2, 0.25) is 0 Å². The second-order valence-corrected chi connectivity index (χ2v) is 10.2. The number of aromatic nitrogens is 2. The Morgan fingerprint density at radius 3 is 2.90 bits per heavy atom. The number of amides is 2. The van der Waals surface area contributed by atoms with Crippen molar-refractivity contribution in [2.75, 3.05) is 63.3 Å². The summed E-state index contributed by atoms with van der Waals surface area (Å²) in [4.78, 5) is 26.2. The summed E-state index contributed by atoms with van der Waals surface area (Å²) in [6, 6.07) is -0.0986. The van der Waals surface area contributed by atoms with Gasteiger partial charge in [0.2, 0.25) is 5.88 Å². The largest absolute Gasteiger partial charge is 0.479 e. The van der Waals surface area contributed by atoms with Gasteiger partial charge in [-0.05, 0) is 25.7 Å². The van der Waals surface area contributed by atoms with Crippen LogP contribution in [0.15, 0.2) is 6.20 Å². The zero-order chi connectivity index (χ0) is 21.1. The molecule has 2 aromatic heterocycles. The highest BCUT2D eigenvalue weighted by Gasteiger charge is 2.47. The van der Waals surface area contributed by atoms with E-state index in [1.54, 1.807) is 7.11 Å². The molecule has 2 aromatic rings. The monoisotopic (exact) mass is 445 g/mol. The minimum absolute atomic E-state index is 0.00362. The summed E-state index contributed by atoms with van der Waals surface area (Å²) < 4.78 is 18.0. The molecule has 1 atom stereocenters. The number of anilines is 2. The number of nitrogens with one attached hydrogen (secondary N) is 1. The van der Waals surface area contributed by atoms with Gasteiger partial charge in [0, 0.05) is 44.8 Å². The number of urea groups is 1. The van der Waals surface area contributed by atoms with Gasteiger partial charge in [0.05, 0.1) is 30.3 Å². The van der Waals surface area contributed by atoms with Crippen LogP contribution in [0.3, 0.4) is 0 Å². The summed E-state index contributed by atoms with van der Waals surface area (Å²) in [6.45, 7) is 5.64. The van der Waals surface area contributed by atoms with Gasteiger partial charge in [0.25, 0.3) is 0 Å². The lowest BCUT2D eigenvalue weighted by Crippen LogP contribution is -2.61. The van der Waals surface area contributed by atoms with Crippen molar-refractivity contribution >= 4 is 38.4 Å². The number of methoxy groups -OCH3 is 1. The lowest BCUT2D eigenvalue weighted by atomic mass is 9.87. The number of thiazole rings is 1. The Bertz CT molecular complexity index is 1010. The Morgan fingerprint density at radius 1 is 1.26 bits per heavy atom. The van der Waals surface area contributed by atoms with Crippen molar-refractivity contribution in [1.82, 2.24) is 14.9 Å². The van der Waals surface area contributed by atoms with Gasteiger partial charge in [0.1, 0.15) is 11.1 Å². The molecule has 4 aliphatic heterocycles. The van der Waals surface area contributed by atoms with Crippen LogP contribution >= 0.6 is 11.3 Å². The first kappa shape index (κ1) is 19.5. The van der Waals surface area contributed by atoms with Gasteiger partial charge in [0.15, 0.2) is 5.13 Å². The van der Waals surface area contributed by atoms with Crippen LogP contribution in [0.4, 0.5) is 15.6 Å². The van der Waals surface area contributed by atoms with E-state index in [0.29, 0.717) is 16.5 Å². The lowest BCUT2D eigenvalue weighted by Gasteiger charge is -2.48. The summed E-state index contributed by atoms with van der Waals surface area (Å²) in [5.74, 6) is 0.478. The molecule has 6 heterocycles. The van der Waals surface area contributed by atoms with Crippen molar-refractivity contribution in [1.29, 1.82) is 0 Å². The van der Waals surface area contributed by atoms with Gasteiger partial charge in [-0.15, -0.1) is 0 Å². The predicted molar refractivity (Wildman–Crippen MR) is 117 cm³/mol. The zero-order valence-corrected chi connectivity index (χ0v) is 18.5. The molecule has 166 valence electrons. The number of ether oxygens (including phenoxy) is 3. The van der Waals surface area contributed by atoms with Gasteiger partial charge in [-0.3, -0.25) is 5.32 Å². The molecular formula is C21H27N5O4S. The fraction of sp³-hybridized carbons (Fsp3) is 0.667. The quantitative estimate of drug-likeness (QED) is 0.777. The van der Waals surface area contributed by atoms with E-state index in [9.17, 15) is 4.79 Å². The number of carbonyl (C=O) groups is 1. The minimum atomic E-state index is -0.0986. The summed E-state index contributed by atoms with van der Waals surface area (Å²) in [5.41, 5.74) is 1.86. The van der Waals surface area contributed by atoms with Crippen LogP contribution in [0.25, 0.3) is 10.2 Å². The Morgan fingerprint density at radius 2 is 2.16 bits per heavy atom.